The molecule has 10 atom stereocenters. The molecule has 7 N–H and O–H groups in total. The molecular formula is C50H83N3O17P2. The lowest BCUT2D eigenvalue weighted by Gasteiger charge is -2.36. The molecule has 0 amide bonds. The number of phosphoric acid groups is 2. The predicted molar refractivity (Wildman–Crippen MR) is 270 cm³/mol. The first-order valence-corrected chi connectivity index (χ1v) is 29.0. The number of nitrogen functional groups attached to an aromatic ring is 1. The number of aromatic nitrogens is 2. The number of anilines is 1. The van der Waals surface area contributed by atoms with E-state index in [1.807, 2.05) is 6.92 Å². The van der Waals surface area contributed by atoms with Crippen molar-refractivity contribution < 1.29 is 76.2 Å². The number of carbonyl (C=O) groups is 3. The minimum Gasteiger partial charge on any atom is -0.462 e. The van der Waals surface area contributed by atoms with E-state index in [0.29, 0.717) is 32.1 Å². The summed E-state index contributed by atoms with van der Waals surface area (Å²) in [5.41, 5.74) is 4.84. The van der Waals surface area contributed by atoms with Crippen molar-refractivity contribution >= 4 is 39.2 Å². The molecule has 0 saturated carbocycles. The average molecular weight is 1060 g/mol. The fourth-order valence-corrected chi connectivity index (χ4v) is 10.4. The van der Waals surface area contributed by atoms with E-state index in [2.05, 4.69) is 16.2 Å². The zero-order chi connectivity index (χ0) is 52.8. The normalized spacial score (nSPS) is 29.0. The number of nitrogens with zero attached hydrogens (tertiary/aromatic N) is 2. The van der Waals surface area contributed by atoms with E-state index >= 15 is 0 Å². The Kier molecular flexibility index (Phi) is 30.6. The van der Waals surface area contributed by atoms with Crippen LogP contribution in [-0.4, -0.2) is 103 Å². The van der Waals surface area contributed by atoms with Crippen molar-refractivity contribution in [1.82, 2.24) is 9.55 Å². The number of hydrogen-bond donors (Lipinski definition) is 6. The Morgan fingerprint density at radius 3 is 2.07 bits per heavy atom. The van der Waals surface area contributed by atoms with Crippen molar-refractivity contribution in [3.63, 3.8) is 0 Å². The molecule has 3 rings (SSSR count). The highest BCUT2D eigenvalue weighted by Crippen LogP contribution is 2.60. The van der Waals surface area contributed by atoms with Crippen LogP contribution in [0.3, 0.4) is 0 Å². The Labute approximate surface area is 425 Å². The van der Waals surface area contributed by atoms with Gasteiger partial charge in [0.1, 0.15) is 30.9 Å². The van der Waals surface area contributed by atoms with Gasteiger partial charge in [-0.2, -0.15) is 9.29 Å². The van der Waals surface area contributed by atoms with Gasteiger partial charge in [-0.3, -0.25) is 28.0 Å². The van der Waals surface area contributed by atoms with Crippen LogP contribution >= 0.6 is 15.6 Å². The largest absolute Gasteiger partial charge is 0.481 e. The lowest BCUT2D eigenvalue weighted by molar-refractivity contribution is -0.167. The second-order valence-corrected chi connectivity index (χ2v) is 21.7. The van der Waals surface area contributed by atoms with Crippen molar-refractivity contribution in [3.05, 3.63) is 59.2 Å². The van der Waals surface area contributed by atoms with Gasteiger partial charge in [-0.25, -0.2) is 13.9 Å². The summed E-state index contributed by atoms with van der Waals surface area (Å²) in [7, 11) is -11.2. The lowest BCUT2D eigenvalue weighted by atomic mass is 9.88. The van der Waals surface area contributed by atoms with Crippen LogP contribution in [0.1, 0.15) is 174 Å². The SMILES string of the molecule is CCCCCCCCCCCCCCCCCC(=O)O[C@@H]1COC(=O)CCC/C=C\C[C@H]2/C=C\C(=O)[C@H](C=C[C@@H](O)CCCCC)[C@H](O)[C@H](O)[C@@H](COP(=O)(O)OP(=O)(O)OC1)O[C@H]2n1ccc(N)nc1=O. The summed E-state index contributed by atoms with van der Waals surface area (Å²) in [6.07, 6.45) is 20.4. The molecule has 2 unspecified atom stereocenters. The van der Waals surface area contributed by atoms with E-state index in [9.17, 15) is 53.4 Å². The Hall–Kier alpha value is -3.39. The minimum atomic E-state index is -5.67. The minimum absolute atomic E-state index is 0.0129. The average Bonchev–Trinajstić information content (AvgIpc) is 3.32. The van der Waals surface area contributed by atoms with Gasteiger partial charge in [0, 0.05) is 25.0 Å². The Bertz CT molecular complexity index is 2000. The van der Waals surface area contributed by atoms with Crippen molar-refractivity contribution in [2.24, 2.45) is 11.8 Å². The van der Waals surface area contributed by atoms with Crippen LogP contribution in [0.15, 0.2) is 53.5 Å². The van der Waals surface area contributed by atoms with Crippen LogP contribution in [0.25, 0.3) is 0 Å². The maximum atomic E-state index is 13.8. The van der Waals surface area contributed by atoms with Gasteiger partial charge in [0.2, 0.25) is 0 Å². The van der Waals surface area contributed by atoms with E-state index < -0.39 is 107 Å². The molecule has 72 heavy (non-hydrogen) atoms. The predicted octanol–water partition coefficient (Wildman–Crippen LogP) is 8.40. The fourth-order valence-electron chi connectivity index (χ4n) is 8.28. The van der Waals surface area contributed by atoms with Gasteiger partial charge < -0.3 is 45.1 Å². The van der Waals surface area contributed by atoms with Gasteiger partial charge in [-0.1, -0.05) is 153 Å². The van der Waals surface area contributed by atoms with Crippen LogP contribution in [-0.2, 0) is 51.1 Å². The number of esters is 2. The number of aliphatic hydroxyl groups excluding tert-OH is 3. The van der Waals surface area contributed by atoms with E-state index in [0.717, 1.165) is 49.2 Å². The summed E-state index contributed by atoms with van der Waals surface area (Å²) < 4.78 is 59.1. The van der Waals surface area contributed by atoms with E-state index in [1.165, 1.54) is 94.7 Å². The number of phosphoric ester groups is 2. The standard InChI is InChI=1S/C50H83N3O17P2/c1-3-5-7-8-9-10-11-12-13-14-15-16-17-18-24-28-46(57)68-40-35-65-45(56)27-23-20-19-22-25-38-29-32-42(55)41(31-30-39(54)26-21-6-4-2)47(58)48(59)43(37-67-72(63,64)70-71(61,62)66-36-40)69-49(38)53-34-33-44(51)52-50(53)60/h19,22,29-34,38-41,43,47-49,54,58-59H,3-18,20-21,23-28,35-37H2,1-2H3,(H,61,62)(H,63,64)(H2,51,52,60)/b22-19-,31-30?,32-29-/t38-,39-,40+,41-,43+,47-,48+,49+/m0/s1. The summed E-state index contributed by atoms with van der Waals surface area (Å²) in [4.78, 5) is 77.9. The number of ketones is 1. The number of fused-ring (bicyclic) bond motifs is 3. The van der Waals surface area contributed by atoms with Crippen molar-refractivity contribution in [1.29, 1.82) is 0 Å². The first kappa shape index (κ1) is 62.9. The topological polar surface area (TPSA) is 303 Å². The molecule has 0 spiro atoms. The van der Waals surface area contributed by atoms with Gasteiger partial charge in [0.25, 0.3) is 0 Å². The summed E-state index contributed by atoms with van der Waals surface area (Å²) in [5.74, 6) is -4.67. The Balaban J connectivity index is 1.78. The molecular weight excluding hydrogens is 977 g/mol. The number of aliphatic hydroxyl groups is 3. The van der Waals surface area contributed by atoms with E-state index in [-0.39, 0.29) is 25.1 Å². The van der Waals surface area contributed by atoms with E-state index in [1.54, 1.807) is 12.2 Å². The third kappa shape index (κ3) is 25.7. The lowest BCUT2D eigenvalue weighted by Crippen LogP contribution is -2.49. The fraction of sp³-hybridized carbons (Fsp3) is 0.740. The zero-order valence-corrected chi connectivity index (χ0v) is 44.1. The second-order valence-electron chi connectivity index (χ2n) is 18.7. The highest BCUT2D eigenvalue weighted by Gasteiger charge is 2.42. The van der Waals surface area contributed by atoms with E-state index in [4.69, 9.17) is 29.0 Å². The number of rotatable bonds is 24. The van der Waals surface area contributed by atoms with Crippen molar-refractivity contribution in [3.8, 4) is 0 Å². The first-order chi connectivity index (χ1) is 34.4. The number of unbranched alkanes of at least 4 members (excludes halogenated alkanes) is 16. The number of carbonyl (C=O) groups excluding carboxylic acids is 3. The molecule has 20 nitrogen and oxygen atoms in total. The molecule has 2 bridgehead atoms. The Morgan fingerprint density at radius 1 is 0.847 bits per heavy atom. The number of cyclic esters (lactones) is 1. The van der Waals surface area contributed by atoms with Crippen LogP contribution in [0, 0.1) is 11.8 Å². The van der Waals surface area contributed by atoms with Crippen LogP contribution in [0.4, 0.5) is 5.82 Å². The monoisotopic (exact) mass is 1060 g/mol. The van der Waals surface area contributed by atoms with Crippen LogP contribution < -0.4 is 11.4 Å². The molecule has 1 aromatic rings. The molecule has 410 valence electrons. The summed E-state index contributed by atoms with van der Waals surface area (Å²) >= 11 is 0. The van der Waals surface area contributed by atoms with Gasteiger partial charge in [-0.15, -0.1) is 0 Å². The molecule has 2 aliphatic heterocycles. The molecule has 22 heteroatoms. The number of ether oxygens (including phenoxy) is 3. The first-order valence-electron chi connectivity index (χ1n) is 26.1. The molecule has 0 fully saturated rings. The molecule has 2 aliphatic rings. The highest BCUT2D eigenvalue weighted by atomic mass is 31.3. The van der Waals surface area contributed by atoms with Crippen molar-refractivity contribution in [2.75, 3.05) is 25.6 Å². The molecule has 0 aliphatic carbocycles. The molecule has 1 aromatic heterocycles. The van der Waals surface area contributed by atoms with Gasteiger partial charge >= 0.3 is 33.3 Å². The number of nitrogens with two attached hydrogens (primary N) is 1. The smallest absolute Gasteiger partial charge is 0.462 e. The number of hydrogen-bond acceptors (Lipinski definition) is 17. The van der Waals surface area contributed by atoms with Gasteiger partial charge in [0.15, 0.2) is 11.9 Å². The van der Waals surface area contributed by atoms with Crippen molar-refractivity contribution in [2.45, 2.75) is 205 Å². The third-order valence-electron chi connectivity index (χ3n) is 12.5. The van der Waals surface area contributed by atoms with Crippen LogP contribution in [0.2, 0.25) is 0 Å². The molecule has 3 heterocycles. The maximum absolute atomic E-state index is 13.8. The summed E-state index contributed by atoms with van der Waals surface area (Å²) in [6, 6.07) is 1.28. The summed E-state index contributed by atoms with van der Waals surface area (Å²) in [5, 5.41) is 33.9. The molecule has 0 radical (unpaired) electrons. The summed E-state index contributed by atoms with van der Waals surface area (Å²) in [6.45, 7) is 1.57. The molecule has 0 aromatic carbocycles. The second kappa shape index (κ2) is 35.0. The highest BCUT2D eigenvalue weighted by molar-refractivity contribution is 7.61. The number of allylic oxidation sites excluding steroid dienone is 3. The quantitative estimate of drug-likeness (QED) is 0.0245. The Morgan fingerprint density at radius 2 is 1.44 bits per heavy atom. The van der Waals surface area contributed by atoms with Gasteiger partial charge in [-0.05, 0) is 44.2 Å². The zero-order valence-electron chi connectivity index (χ0n) is 42.3. The third-order valence-corrected chi connectivity index (χ3v) is 15.1. The van der Waals surface area contributed by atoms with Crippen LogP contribution in [0.5, 0.6) is 0 Å². The maximum Gasteiger partial charge on any atom is 0.481 e. The van der Waals surface area contributed by atoms with Gasteiger partial charge in [0.05, 0.1) is 31.3 Å². The molecule has 0 saturated heterocycles.